The van der Waals surface area contributed by atoms with Crippen molar-refractivity contribution in [2.45, 2.75) is 44.6 Å². The molecule has 2 aliphatic rings. The molecule has 3 nitrogen and oxygen atoms in total. The summed E-state index contributed by atoms with van der Waals surface area (Å²) in [6.07, 6.45) is 7.64. The van der Waals surface area contributed by atoms with Crippen molar-refractivity contribution >= 4 is 0 Å². The van der Waals surface area contributed by atoms with Crippen molar-refractivity contribution in [3.63, 3.8) is 0 Å². The Morgan fingerprint density at radius 3 is 2.76 bits per heavy atom. The first-order valence-electron chi connectivity index (χ1n) is 8.42. The molecule has 0 amide bonds. The second kappa shape index (κ2) is 6.80. The quantitative estimate of drug-likeness (QED) is 0.925. The smallest absolute Gasteiger partial charge is 0.119 e. The van der Waals surface area contributed by atoms with Crippen LogP contribution in [0.25, 0.3) is 0 Å². The molecule has 1 unspecified atom stereocenters. The fourth-order valence-electron chi connectivity index (χ4n) is 4.06. The minimum absolute atomic E-state index is 0.624. The van der Waals surface area contributed by atoms with E-state index >= 15 is 0 Å². The van der Waals surface area contributed by atoms with Gasteiger partial charge in [-0.05, 0) is 87.3 Å². The van der Waals surface area contributed by atoms with Crippen molar-refractivity contribution in [3.05, 3.63) is 29.3 Å². The predicted molar refractivity (Wildman–Crippen MR) is 86.6 cm³/mol. The normalized spacial score (nSPS) is 23.8. The molecule has 1 saturated heterocycles. The number of piperidine rings is 1. The predicted octanol–water partition coefficient (Wildman–Crippen LogP) is 3.13. The summed E-state index contributed by atoms with van der Waals surface area (Å²) in [7, 11) is 1.75. The fraction of sp³-hybridized carbons (Fsp3) is 0.667. The number of fused-ring (bicyclic) bond motifs is 1. The van der Waals surface area contributed by atoms with Crippen LogP contribution in [-0.4, -0.2) is 31.6 Å². The molecule has 1 atom stereocenters. The van der Waals surface area contributed by atoms with Crippen molar-refractivity contribution < 1.29 is 4.74 Å². The molecule has 3 rings (SSSR count). The Morgan fingerprint density at radius 2 is 2.05 bits per heavy atom. The molecule has 116 valence electrons. The highest BCUT2D eigenvalue weighted by Gasteiger charge is 2.29. The van der Waals surface area contributed by atoms with Gasteiger partial charge in [0.25, 0.3) is 0 Å². The highest BCUT2D eigenvalue weighted by Crippen LogP contribution is 2.38. The monoisotopic (exact) mass is 288 g/mol. The number of nitrogens with zero attached hydrogens (tertiary/aromatic N) is 1. The van der Waals surface area contributed by atoms with E-state index < -0.39 is 0 Å². The van der Waals surface area contributed by atoms with Crippen molar-refractivity contribution in [1.82, 2.24) is 4.90 Å². The van der Waals surface area contributed by atoms with Gasteiger partial charge in [-0.1, -0.05) is 6.07 Å². The summed E-state index contributed by atoms with van der Waals surface area (Å²) in [6.45, 7) is 3.32. The number of benzene rings is 1. The number of methoxy groups -OCH3 is 1. The number of nitrogens with two attached hydrogens (primary N) is 1. The molecule has 3 heteroatoms. The van der Waals surface area contributed by atoms with Gasteiger partial charge in [-0.2, -0.15) is 0 Å². The Balaban J connectivity index is 1.71. The van der Waals surface area contributed by atoms with Crippen LogP contribution in [0.5, 0.6) is 5.75 Å². The van der Waals surface area contributed by atoms with Gasteiger partial charge >= 0.3 is 0 Å². The standard InChI is InChI=1S/C18H28N2O/c1-21-16-5-6-17-15(13-16)3-2-4-18(17)20-11-8-14(7-10-19)9-12-20/h5-6,13-14,18H,2-4,7-12,19H2,1H3. The summed E-state index contributed by atoms with van der Waals surface area (Å²) in [5, 5.41) is 0. The maximum Gasteiger partial charge on any atom is 0.119 e. The molecule has 0 spiro atoms. The molecule has 0 radical (unpaired) electrons. The topological polar surface area (TPSA) is 38.5 Å². The summed E-state index contributed by atoms with van der Waals surface area (Å²) in [5.41, 5.74) is 8.74. The molecule has 0 saturated carbocycles. The molecular formula is C18H28N2O. The first kappa shape index (κ1) is 14.9. The number of likely N-dealkylation sites (tertiary alicyclic amines) is 1. The summed E-state index contributed by atoms with van der Waals surface area (Å²) in [6, 6.07) is 7.28. The van der Waals surface area contributed by atoms with E-state index in [2.05, 4.69) is 23.1 Å². The third kappa shape index (κ3) is 3.24. The van der Waals surface area contributed by atoms with Crippen molar-refractivity contribution in [1.29, 1.82) is 0 Å². The van der Waals surface area contributed by atoms with E-state index in [0.29, 0.717) is 6.04 Å². The van der Waals surface area contributed by atoms with Gasteiger partial charge in [-0.15, -0.1) is 0 Å². The number of hydrogen-bond donors (Lipinski definition) is 1. The van der Waals surface area contributed by atoms with E-state index in [0.717, 1.165) is 18.2 Å². The number of rotatable bonds is 4. The minimum atomic E-state index is 0.624. The molecule has 1 heterocycles. The second-order valence-electron chi connectivity index (χ2n) is 6.53. The molecule has 21 heavy (non-hydrogen) atoms. The number of ether oxygens (including phenoxy) is 1. The third-order valence-corrected chi connectivity index (χ3v) is 5.30. The Bertz CT molecular complexity index is 466. The number of aryl methyl sites for hydroxylation is 1. The molecule has 1 aliphatic carbocycles. The molecule has 2 N–H and O–H groups in total. The average Bonchev–Trinajstić information content (AvgIpc) is 2.55. The first-order chi connectivity index (χ1) is 10.3. The van der Waals surface area contributed by atoms with Crippen LogP contribution < -0.4 is 10.5 Å². The van der Waals surface area contributed by atoms with Gasteiger partial charge in [0.05, 0.1) is 7.11 Å². The molecule has 1 aromatic carbocycles. The summed E-state index contributed by atoms with van der Waals surface area (Å²) >= 11 is 0. The van der Waals surface area contributed by atoms with E-state index in [9.17, 15) is 0 Å². The van der Waals surface area contributed by atoms with Crippen LogP contribution >= 0.6 is 0 Å². The van der Waals surface area contributed by atoms with Crippen LogP contribution in [0.1, 0.15) is 49.3 Å². The van der Waals surface area contributed by atoms with E-state index in [1.807, 2.05) is 0 Å². The minimum Gasteiger partial charge on any atom is -0.497 e. The molecule has 1 aliphatic heterocycles. The molecule has 1 fully saturated rings. The zero-order valence-electron chi connectivity index (χ0n) is 13.2. The second-order valence-corrected chi connectivity index (χ2v) is 6.53. The van der Waals surface area contributed by atoms with Gasteiger partial charge in [0.1, 0.15) is 5.75 Å². The van der Waals surface area contributed by atoms with Crippen LogP contribution in [0.2, 0.25) is 0 Å². The lowest BCUT2D eigenvalue weighted by Crippen LogP contribution is -2.38. The molecule has 0 aromatic heterocycles. The van der Waals surface area contributed by atoms with Crippen LogP contribution in [0.15, 0.2) is 18.2 Å². The van der Waals surface area contributed by atoms with Crippen molar-refractivity contribution in [2.75, 3.05) is 26.7 Å². The molecule has 1 aromatic rings. The molecule has 0 bridgehead atoms. The van der Waals surface area contributed by atoms with E-state index in [1.165, 1.54) is 57.2 Å². The Labute approximate surface area is 128 Å². The lowest BCUT2D eigenvalue weighted by Gasteiger charge is -2.40. The van der Waals surface area contributed by atoms with E-state index in [1.54, 1.807) is 12.7 Å². The first-order valence-corrected chi connectivity index (χ1v) is 8.42. The van der Waals surface area contributed by atoms with E-state index in [-0.39, 0.29) is 0 Å². The summed E-state index contributed by atoms with van der Waals surface area (Å²) in [5.74, 6) is 1.85. The van der Waals surface area contributed by atoms with Gasteiger partial charge < -0.3 is 10.5 Å². The Morgan fingerprint density at radius 1 is 1.24 bits per heavy atom. The maximum atomic E-state index is 5.70. The third-order valence-electron chi connectivity index (χ3n) is 5.30. The van der Waals surface area contributed by atoms with E-state index in [4.69, 9.17) is 10.5 Å². The van der Waals surface area contributed by atoms with Gasteiger partial charge in [-0.25, -0.2) is 0 Å². The lowest BCUT2D eigenvalue weighted by atomic mass is 9.84. The van der Waals surface area contributed by atoms with Gasteiger partial charge in [0.2, 0.25) is 0 Å². The Hall–Kier alpha value is -1.06. The van der Waals surface area contributed by atoms with Crippen LogP contribution in [0.4, 0.5) is 0 Å². The van der Waals surface area contributed by atoms with Gasteiger partial charge in [0.15, 0.2) is 0 Å². The highest BCUT2D eigenvalue weighted by molar-refractivity contribution is 5.39. The summed E-state index contributed by atoms with van der Waals surface area (Å²) in [4.78, 5) is 2.71. The van der Waals surface area contributed by atoms with Gasteiger partial charge in [0, 0.05) is 6.04 Å². The van der Waals surface area contributed by atoms with Crippen LogP contribution in [-0.2, 0) is 6.42 Å². The Kier molecular flexibility index (Phi) is 4.81. The largest absolute Gasteiger partial charge is 0.497 e. The SMILES string of the molecule is COc1ccc2c(c1)CCCC2N1CCC(CCN)CC1. The number of hydrogen-bond acceptors (Lipinski definition) is 3. The maximum absolute atomic E-state index is 5.70. The van der Waals surface area contributed by atoms with Crippen molar-refractivity contribution in [2.24, 2.45) is 11.7 Å². The van der Waals surface area contributed by atoms with Crippen molar-refractivity contribution in [3.8, 4) is 5.75 Å². The lowest BCUT2D eigenvalue weighted by molar-refractivity contribution is 0.118. The molecular weight excluding hydrogens is 260 g/mol. The van der Waals surface area contributed by atoms with Gasteiger partial charge in [-0.3, -0.25) is 4.90 Å². The fourth-order valence-corrected chi connectivity index (χ4v) is 4.06. The van der Waals surface area contributed by atoms with Crippen LogP contribution in [0.3, 0.4) is 0 Å². The zero-order valence-corrected chi connectivity index (χ0v) is 13.2. The zero-order chi connectivity index (χ0) is 14.7. The highest BCUT2D eigenvalue weighted by atomic mass is 16.5. The summed E-state index contributed by atoms with van der Waals surface area (Å²) < 4.78 is 5.38. The van der Waals surface area contributed by atoms with Crippen LogP contribution in [0, 0.1) is 5.92 Å². The average molecular weight is 288 g/mol.